The first-order chi connectivity index (χ1) is 17.0. The average molecular weight is 531 g/mol. The molecular formula is C26H23AsFN5O2. The summed E-state index contributed by atoms with van der Waals surface area (Å²) in [5, 5.41) is 8.94. The van der Waals surface area contributed by atoms with Gasteiger partial charge in [0.2, 0.25) is 0 Å². The molecule has 1 fully saturated rings. The predicted octanol–water partition coefficient (Wildman–Crippen LogP) is 3.03. The first kappa shape index (κ1) is 23.1. The molecule has 9 heteroatoms. The molecule has 3 heterocycles. The molecule has 0 bridgehead atoms. The number of benzene rings is 2. The zero-order valence-corrected chi connectivity index (χ0v) is 21.3. The maximum atomic E-state index is 15.3. The molecule has 4 aromatic rings. The van der Waals surface area contributed by atoms with Gasteiger partial charge in [-0.3, -0.25) is 0 Å². The van der Waals surface area contributed by atoms with Crippen LogP contribution in [0, 0.1) is 17.1 Å². The Morgan fingerprint density at radius 1 is 1.23 bits per heavy atom. The molecule has 1 amide bonds. The fourth-order valence-electron chi connectivity index (χ4n) is 4.59. The molecule has 5 rings (SSSR count). The number of carbonyl (C=O) groups excluding carboxylic acids is 1. The Morgan fingerprint density at radius 3 is 2.83 bits per heavy atom. The van der Waals surface area contributed by atoms with Crippen molar-refractivity contribution in [1.29, 1.82) is 5.26 Å². The van der Waals surface area contributed by atoms with Gasteiger partial charge in [0.05, 0.1) is 0 Å². The molecule has 2 atom stereocenters. The Bertz CT molecular complexity index is 1430. The third-order valence-electron chi connectivity index (χ3n) is 6.18. The van der Waals surface area contributed by atoms with Gasteiger partial charge < -0.3 is 0 Å². The topological polar surface area (TPSA) is 83.5 Å². The number of rotatable bonds is 6. The van der Waals surface area contributed by atoms with Gasteiger partial charge in [-0.25, -0.2) is 0 Å². The summed E-state index contributed by atoms with van der Waals surface area (Å²) in [5.41, 5.74) is 1.64. The minimum atomic E-state index is -0.438. The van der Waals surface area contributed by atoms with Crippen LogP contribution in [0.5, 0.6) is 11.5 Å². The summed E-state index contributed by atoms with van der Waals surface area (Å²) in [5.74, 6) is 1.17. The molecule has 0 aliphatic carbocycles. The fraction of sp³-hybridized carbons (Fsp3) is 0.231. The van der Waals surface area contributed by atoms with Crippen molar-refractivity contribution in [3.8, 4) is 28.8 Å². The summed E-state index contributed by atoms with van der Waals surface area (Å²) >= 11 is 1.33. The second kappa shape index (κ2) is 9.89. The van der Waals surface area contributed by atoms with E-state index in [1.54, 1.807) is 23.2 Å². The molecular weight excluding hydrogens is 508 g/mol. The monoisotopic (exact) mass is 531 g/mol. The van der Waals surface area contributed by atoms with Crippen LogP contribution in [-0.2, 0) is 11.2 Å². The number of aromatic nitrogens is 3. The summed E-state index contributed by atoms with van der Waals surface area (Å²) in [6, 6.07) is 15.9. The second-order valence-corrected chi connectivity index (χ2v) is 9.53. The number of fused-ring (bicyclic) bond motifs is 1. The molecule has 0 N–H and O–H groups in total. The standard InChI is InChI=1S/C26H23AsFN5O2/c27-26-25-24(20-9-8-19(16-21(20)28)35-18-6-2-1-3-7-18)31-22(33(25)14-12-30-26)15-17-5-4-13-32(17)23(34)10-11-29/h1-3,6-9,12,14,16-17H,4-5,10,13,15,27H2/t17-/m0/s1. The number of imidazole rings is 1. The summed E-state index contributed by atoms with van der Waals surface area (Å²) in [4.78, 5) is 23.5. The Hall–Kier alpha value is -3.69. The number of likely N-dealkylation sites (tertiary alicyclic amines) is 1. The van der Waals surface area contributed by atoms with E-state index in [1.807, 2.05) is 47.0 Å². The zero-order chi connectivity index (χ0) is 24.4. The van der Waals surface area contributed by atoms with Gasteiger partial charge in [0.1, 0.15) is 0 Å². The van der Waals surface area contributed by atoms with Crippen molar-refractivity contribution in [3.63, 3.8) is 0 Å². The number of ether oxygens (including phenoxy) is 1. The number of nitrogens with zero attached hydrogens (tertiary/aromatic N) is 5. The van der Waals surface area contributed by atoms with E-state index in [2.05, 4.69) is 4.98 Å². The van der Waals surface area contributed by atoms with Crippen molar-refractivity contribution in [2.75, 3.05) is 6.54 Å². The molecule has 0 spiro atoms. The molecule has 0 radical (unpaired) electrons. The summed E-state index contributed by atoms with van der Waals surface area (Å²) < 4.78 is 23.8. The molecule has 1 saturated heterocycles. The van der Waals surface area contributed by atoms with Crippen LogP contribution in [0.2, 0.25) is 0 Å². The molecule has 1 unspecified atom stereocenters. The SMILES string of the molecule is N#CCC(=O)N1CCC[C@H]1Cc1nc(-c2ccc(Oc3ccccc3)cc2F)c2c([AsH2])nccn12. The van der Waals surface area contributed by atoms with E-state index < -0.39 is 5.82 Å². The van der Waals surface area contributed by atoms with Crippen LogP contribution in [0.1, 0.15) is 25.1 Å². The molecule has 1 aliphatic heterocycles. The van der Waals surface area contributed by atoms with Gasteiger partial charge in [-0.2, -0.15) is 0 Å². The third kappa shape index (κ3) is 4.65. The van der Waals surface area contributed by atoms with Crippen molar-refractivity contribution < 1.29 is 13.9 Å². The van der Waals surface area contributed by atoms with Crippen molar-refractivity contribution >= 4 is 32.8 Å². The number of amides is 1. The number of para-hydroxylation sites is 1. The number of nitriles is 1. The predicted molar refractivity (Wildman–Crippen MR) is 132 cm³/mol. The van der Waals surface area contributed by atoms with Crippen LogP contribution in [0.15, 0.2) is 60.9 Å². The Morgan fingerprint density at radius 2 is 2.06 bits per heavy atom. The summed E-state index contributed by atoms with van der Waals surface area (Å²) in [6.07, 6.45) is 5.66. The molecule has 176 valence electrons. The molecule has 2 aromatic carbocycles. The normalized spacial score (nSPS) is 15.3. The quantitative estimate of drug-likeness (QED) is 0.358. The van der Waals surface area contributed by atoms with Crippen LogP contribution in [0.25, 0.3) is 16.8 Å². The van der Waals surface area contributed by atoms with E-state index in [0.29, 0.717) is 35.7 Å². The summed E-state index contributed by atoms with van der Waals surface area (Å²) in [6.45, 7) is 0.641. The molecule has 35 heavy (non-hydrogen) atoms. The minimum absolute atomic E-state index is 0.0419. The van der Waals surface area contributed by atoms with Gasteiger partial charge in [0.15, 0.2) is 0 Å². The van der Waals surface area contributed by atoms with Crippen molar-refractivity contribution in [2.45, 2.75) is 31.7 Å². The number of hydrogen-bond donors (Lipinski definition) is 0. The Labute approximate surface area is 210 Å². The van der Waals surface area contributed by atoms with E-state index >= 15 is 4.39 Å². The van der Waals surface area contributed by atoms with Gasteiger partial charge in [0, 0.05) is 0 Å². The van der Waals surface area contributed by atoms with Crippen molar-refractivity contribution in [1.82, 2.24) is 19.3 Å². The zero-order valence-electron chi connectivity index (χ0n) is 18.9. The van der Waals surface area contributed by atoms with E-state index in [1.165, 1.54) is 22.9 Å². The van der Waals surface area contributed by atoms with E-state index in [9.17, 15) is 4.79 Å². The van der Waals surface area contributed by atoms with Crippen LogP contribution in [0.3, 0.4) is 0 Å². The van der Waals surface area contributed by atoms with Gasteiger partial charge in [-0.1, -0.05) is 0 Å². The average Bonchev–Trinajstić information content (AvgIpc) is 3.46. The van der Waals surface area contributed by atoms with E-state index in [4.69, 9.17) is 15.0 Å². The van der Waals surface area contributed by atoms with Gasteiger partial charge in [-0.05, 0) is 0 Å². The third-order valence-corrected chi connectivity index (χ3v) is 7.06. The number of carbonyl (C=O) groups is 1. The van der Waals surface area contributed by atoms with Crippen LogP contribution < -0.4 is 9.22 Å². The fourth-order valence-corrected chi connectivity index (χ4v) is 5.35. The van der Waals surface area contributed by atoms with Crippen LogP contribution in [-0.4, -0.2) is 54.6 Å². The Balaban J connectivity index is 1.50. The van der Waals surface area contributed by atoms with E-state index in [0.717, 1.165) is 28.7 Å². The first-order valence-electron chi connectivity index (χ1n) is 11.4. The van der Waals surface area contributed by atoms with E-state index in [-0.39, 0.29) is 18.4 Å². The molecule has 7 nitrogen and oxygen atoms in total. The van der Waals surface area contributed by atoms with Crippen LogP contribution in [0.4, 0.5) is 4.39 Å². The second-order valence-electron chi connectivity index (χ2n) is 8.39. The maximum absolute atomic E-state index is 15.3. The Kier molecular flexibility index (Phi) is 6.52. The van der Waals surface area contributed by atoms with Gasteiger partial charge >= 0.3 is 211 Å². The van der Waals surface area contributed by atoms with Crippen molar-refractivity contribution in [2.24, 2.45) is 0 Å². The molecule has 1 aliphatic rings. The first-order valence-corrected chi connectivity index (χ1v) is 12.6. The van der Waals surface area contributed by atoms with Gasteiger partial charge in [-0.15, -0.1) is 0 Å². The van der Waals surface area contributed by atoms with Gasteiger partial charge in [0.25, 0.3) is 0 Å². The number of halogens is 1. The van der Waals surface area contributed by atoms with Crippen molar-refractivity contribution in [3.05, 3.63) is 72.6 Å². The number of hydrogen-bond acceptors (Lipinski definition) is 5. The molecule has 2 aromatic heterocycles. The summed E-state index contributed by atoms with van der Waals surface area (Å²) in [7, 11) is 0. The molecule has 0 saturated carbocycles. The van der Waals surface area contributed by atoms with Crippen LogP contribution >= 0.6 is 0 Å².